The van der Waals surface area contributed by atoms with E-state index in [4.69, 9.17) is 9.47 Å². The lowest BCUT2D eigenvalue weighted by Crippen LogP contribution is -2.48. The number of fused-ring (bicyclic) bond motifs is 1. The van der Waals surface area contributed by atoms with Crippen LogP contribution in [0.1, 0.15) is 66.7 Å². The van der Waals surface area contributed by atoms with E-state index in [0.717, 1.165) is 37.2 Å². The monoisotopic (exact) mass is 558 g/mol. The van der Waals surface area contributed by atoms with Gasteiger partial charge in [0.05, 0.1) is 16.9 Å². The lowest BCUT2D eigenvalue weighted by molar-refractivity contribution is -0.139. The summed E-state index contributed by atoms with van der Waals surface area (Å²) < 4.78 is 67.7. The molecule has 1 aliphatic carbocycles. The van der Waals surface area contributed by atoms with Gasteiger partial charge in [0.25, 0.3) is 0 Å². The molecular weight excluding hydrogens is 532 g/mol. The third-order valence-corrected chi connectivity index (χ3v) is 7.20. The highest BCUT2D eigenvalue weighted by Crippen LogP contribution is 2.41. The number of esters is 1. The predicted octanol–water partition coefficient (Wildman–Crippen LogP) is 6.09. The molecule has 1 atom stereocenters. The normalized spacial score (nSPS) is 21.0. The Hall–Kier alpha value is -4.09. The van der Waals surface area contributed by atoms with Crippen molar-refractivity contribution < 1.29 is 36.6 Å². The van der Waals surface area contributed by atoms with Crippen LogP contribution in [0.15, 0.2) is 43.0 Å². The molecule has 8 nitrogen and oxygen atoms in total. The first-order valence-electron chi connectivity index (χ1n) is 12.9. The van der Waals surface area contributed by atoms with E-state index in [2.05, 4.69) is 21.9 Å². The second-order valence-electron chi connectivity index (χ2n) is 10.1. The Morgan fingerprint density at radius 3 is 2.50 bits per heavy atom. The van der Waals surface area contributed by atoms with Crippen molar-refractivity contribution in [2.75, 3.05) is 4.90 Å². The highest BCUT2D eigenvalue weighted by molar-refractivity contribution is 6.06. The number of pyridine rings is 1. The first-order valence-corrected chi connectivity index (χ1v) is 12.9. The van der Waals surface area contributed by atoms with Gasteiger partial charge in [-0.05, 0) is 50.2 Å². The maximum absolute atomic E-state index is 15.3. The first-order chi connectivity index (χ1) is 19.0. The minimum Gasteiger partial charge on any atom is -0.438 e. The number of hydrogen-bond donors (Lipinski definition) is 0. The fourth-order valence-corrected chi connectivity index (χ4v) is 5.06. The van der Waals surface area contributed by atoms with Crippen LogP contribution in [0, 0.1) is 17.7 Å². The third kappa shape index (κ3) is 5.61. The van der Waals surface area contributed by atoms with E-state index >= 15 is 4.39 Å². The summed E-state index contributed by atoms with van der Waals surface area (Å²) in [7, 11) is 0. The van der Waals surface area contributed by atoms with Gasteiger partial charge < -0.3 is 9.47 Å². The van der Waals surface area contributed by atoms with Gasteiger partial charge in [-0.1, -0.05) is 6.92 Å². The van der Waals surface area contributed by atoms with E-state index in [-0.39, 0.29) is 35.1 Å². The van der Waals surface area contributed by atoms with Crippen molar-refractivity contribution in [2.24, 2.45) is 11.8 Å². The van der Waals surface area contributed by atoms with E-state index in [1.807, 2.05) is 0 Å². The largest absolute Gasteiger partial charge is 0.438 e. The Balaban J connectivity index is 1.46. The van der Waals surface area contributed by atoms with Gasteiger partial charge in [-0.25, -0.2) is 14.2 Å². The van der Waals surface area contributed by atoms with Crippen molar-refractivity contribution in [3.63, 3.8) is 0 Å². The van der Waals surface area contributed by atoms with Crippen LogP contribution >= 0.6 is 0 Å². The number of halogens is 4. The average Bonchev–Trinajstić information content (AvgIpc) is 2.90. The molecule has 2 aliphatic rings. The molecule has 1 fully saturated rings. The van der Waals surface area contributed by atoms with Crippen molar-refractivity contribution in [2.45, 2.75) is 58.4 Å². The molecule has 40 heavy (non-hydrogen) atoms. The van der Waals surface area contributed by atoms with Crippen molar-refractivity contribution in [1.29, 1.82) is 0 Å². The molecule has 0 radical (unpaired) electrons. The summed E-state index contributed by atoms with van der Waals surface area (Å²) in [5, 5.41) is 0. The lowest BCUT2D eigenvalue weighted by atomic mass is 9.82. The van der Waals surface area contributed by atoms with Crippen molar-refractivity contribution in [3.8, 4) is 11.6 Å². The Morgan fingerprint density at radius 2 is 1.82 bits per heavy atom. The average molecular weight is 559 g/mol. The summed E-state index contributed by atoms with van der Waals surface area (Å²) in [5.74, 6) is -3.56. The summed E-state index contributed by atoms with van der Waals surface area (Å²) >= 11 is 0. The number of alkyl halides is 3. The zero-order valence-electron chi connectivity index (χ0n) is 21.7. The van der Waals surface area contributed by atoms with Gasteiger partial charge in [0, 0.05) is 49.3 Å². The highest BCUT2D eigenvalue weighted by atomic mass is 19.4. The minimum absolute atomic E-state index is 0.0134. The number of nitrogens with zero attached hydrogens (tertiary/aromatic N) is 4. The number of hydrogen-bond acceptors (Lipinski definition) is 7. The molecule has 210 valence electrons. The van der Waals surface area contributed by atoms with E-state index in [1.54, 1.807) is 0 Å². The van der Waals surface area contributed by atoms with Gasteiger partial charge in [-0.15, -0.1) is 0 Å². The molecule has 1 aliphatic heterocycles. The summed E-state index contributed by atoms with van der Waals surface area (Å²) in [6, 6.07) is 2.70. The highest BCUT2D eigenvalue weighted by Gasteiger charge is 2.40. The Kier molecular flexibility index (Phi) is 7.43. The van der Waals surface area contributed by atoms with Crippen LogP contribution < -0.4 is 9.64 Å². The third-order valence-electron chi connectivity index (χ3n) is 7.20. The smallest absolute Gasteiger partial charge is 0.421 e. The van der Waals surface area contributed by atoms with Gasteiger partial charge in [-0.2, -0.15) is 13.2 Å². The molecule has 1 amide bonds. The standard InChI is InChI=1S/C28H26F4N4O4/c1-15-3-5-18(6-4-15)26(37)36-16(2)39-27(38)20-11-24(22(29)12-23(20)36)40-25-21(28(30,31)32)10-17(13-35-25)9-19-14-33-7-8-34-19/h7-8,10-16,18H,3-6,9H2,1-2H3. The van der Waals surface area contributed by atoms with Gasteiger partial charge in [-0.3, -0.25) is 19.7 Å². The summed E-state index contributed by atoms with van der Waals surface area (Å²) in [6.45, 7) is 3.62. The van der Waals surface area contributed by atoms with Gasteiger partial charge >= 0.3 is 12.1 Å². The molecule has 5 rings (SSSR count). The minimum atomic E-state index is -4.87. The molecule has 3 heterocycles. The number of amides is 1. The number of anilines is 1. The van der Waals surface area contributed by atoms with Crippen LogP contribution in [0.5, 0.6) is 11.6 Å². The van der Waals surface area contributed by atoms with Gasteiger partial charge in [0.2, 0.25) is 11.8 Å². The maximum Gasteiger partial charge on any atom is 0.421 e. The van der Waals surface area contributed by atoms with Crippen LogP contribution in [0.2, 0.25) is 0 Å². The summed E-state index contributed by atoms with van der Waals surface area (Å²) in [5.41, 5.74) is -0.817. The van der Waals surface area contributed by atoms with E-state index in [9.17, 15) is 22.8 Å². The van der Waals surface area contributed by atoms with Crippen LogP contribution in [0.4, 0.5) is 23.2 Å². The number of rotatable bonds is 5. The second-order valence-corrected chi connectivity index (χ2v) is 10.1. The Morgan fingerprint density at radius 1 is 1.07 bits per heavy atom. The zero-order chi connectivity index (χ0) is 28.6. The first kappa shape index (κ1) is 27.5. The number of cyclic esters (lactones) is 1. The molecule has 0 saturated heterocycles. The molecule has 12 heteroatoms. The van der Waals surface area contributed by atoms with Gasteiger partial charge in [0.1, 0.15) is 5.56 Å². The second kappa shape index (κ2) is 10.8. The molecule has 0 N–H and O–H groups in total. The fourth-order valence-electron chi connectivity index (χ4n) is 5.06. The molecule has 3 aromatic rings. The number of carbonyl (C=O) groups excluding carboxylic acids is 2. The Bertz CT molecular complexity index is 1430. The van der Waals surface area contributed by atoms with Crippen molar-refractivity contribution >= 4 is 17.6 Å². The van der Waals surface area contributed by atoms with E-state index in [0.29, 0.717) is 24.5 Å². The van der Waals surface area contributed by atoms with Crippen molar-refractivity contribution in [1.82, 2.24) is 15.0 Å². The number of benzene rings is 1. The molecule has 0 spiro atoms. The van der Waals surface area contributed by atoms with Crippen LogP contribution in [-0.4, -0.2) is 33.1 Å². The van der Waals surface area contributed by atoms with Crippen LogP contribution in [-0.2, 0) is 22.1 Å². The number of carbonyl (C=O) groups is 2. The van der Waals surface area contributed by atoms with E-state index < -0.39 is 41.4 Å². The van der Waals surface area contributed by atoms with Crippen LogP contribution in [0.3, 0.4) is 0 Å². The topological polar surface area (TPSA) is 94.5 Å². The molecule has 2 aromatic heterocycles. The SMILES string of the molecule is CC1CCC(C(=O)N2c3cc(F)c(Oc4ncc(Cc5cnccn5)cc4C(F)(F)F)cc3C(=O)OC2C)CC1. The summed E-state index contributed by atoms with van der Waals surface area (Å²) in [4.78, 5) is 39.1. The summed E-state index contributed by atoms with van der Waals surface area (Å²) in [6.07, 6.45) is 2.69. The zero-order valence-corrected chi connectivity index (χ0v) is 21.7. The molecule has 1 aromatic carbocycles. The predicted molar refractivity (Wildman–Crippen MR) is 134 cm³/mol. The molecule has 1 saturated carbocycles. The number of aromatic nitrogens is 3. The quantitative estimate of drug-likeness (QED) is 0.276. The maximum atomic E-state index is 15.3. The fraction of sp³-hybridized carbons (Fsp3) is 0.393. The van der Waals surface area contributed by atoms with E-state index in [1.165, 1.54) is 30.4 Å². The molecular formula is C28H26F4N4O4. The molecule has 1 unspecified atom stereocenters. The van der Waals surface area contributed by atoms with Crippen LogP contribution in [0.25, 0.3) is 0 Å². The molecule has 0 bridgehead atoms. The van der Waals surface area contributed by atoms with Gasteiger partial charge in [0.15, 0.2) is 17.8 Å². The lowest BCUT2D eigenvalue weighted by Gasteiger charge is -2.37. The van der Waals surface area contributed by atoms with Crippen molar-refractivity contribution in [3.05, 3.63) is 71.2 Å². The Labute approximate surface area is 227 Å². The number of ether oxygens (including phenoxy) is 2.